The quantitative estimate of drug-likeness (QED) is 0.310. The maximum absolute atomic E-state index is 3.74. The fraction of sp³-hybridized carbons (Fsp3) is 0.400. The van der Waals surface area contributed by atoms with Crippen molar-refractivity contribution in [2.24, 2.45) is 11.8 Å². The molecule has 0 aromatic heterocycles. The highest BCUT2D eigenvalue weighted by Crippen LogP contribution is 2.22. The molecule has 0 aliphatic heterocycles. The van der Waals surface area contributed by atoms with Crippen molar-refractivity contribution in [3.05, 3.63) is 108 Å². The summed E-state index contributed by atoms with van der Waals surface area (Å²) in [5, 5.41) is 3.74. The molecule has 2 nitrogen and oxygen atoms in total. The molecule has 0 radical (unpaired) electrons. The van der Waals surface area contributed by atoms with E-state index < -0.39 is 0 Å². The monoisotopic (exact) mass is 428 g/mol. The fourth-order valence-electron chi connectivity index (χ4n) is 4.33. The summed E-state index contributed by atoms with van der Waals surface area (Å²) in [4.78, 5) is 2.69. The molecule has 0 unspecified atom stereocenters. The van der Waals surface area contributed by atoms with E-state index in [9.17, 15) is 0 Å². The van der Waals surface area contributed by atoms with Crippen molar-refractivity contribution < 1.29 is 0 Å². The zero-order valence-electron chi connectivity index (χ0n) is 20.1. The SMILES string of the molecule is CC(C)CCNC[C@@H](C)[C@H](Cc1ccccc1)N(Cc1ccccc1)Cc1ccccc1. The van der Waals surface area contributed by atoms with Crippen molar-refractivity contribution in [3.8, 4) is 0 Å². The second-order valence-electron chi connectivity index (χ2n) is 9.50. The average molecular weight is 429 g/mol. The van der Waals surface area contributed by atoms with Crippen LogP contribution in [0.25, 0.3) is 0 Å². The highest BCUT2D eigenvalue weighted by molar-refractivity contribution is 5.20. The van der Waals surface area contributed by atoms with Crippen LogP contribution in [0.2, 0.25) is 0 Å². The average Bonchev–Trinajstić information content (AvgIpc) is 2.82. The normalized spacial score (nSPS) is 13.4. The summed E-state index contributed by atoms with van der Waals surface area (Å²) in [5.74, 6) is 1.28. The minimum absolute atomic E-state index is 0.448. The van der Waals surface area contributed by atoms with E-state index in [0.717, 1.165) is 38.5 Å². The van der Waals surface area contributed by atoms with Gasteiger partial charge in [0.1, 0.15) is 0 Å². The first-order valence-electron chi connectivity index (χ1n) is 12.2. The Balaban J connectivity index is 1.82. The van der Waals surface area contributed by atoms with Crippen LogP contribution in [0.3, 0.4) is 0 Å². The van der Waals surface area contributed by atoms with E-state index in [2.05, 4.69) is 122 Å². The lowest BCUT2D eigenvalue weighted by Gasteiger charge is -2.36. The third-order valence-corrected chi connectivity index (χ3v) is 6.24. The van der Waals surface area contributed by atoms with Crippen LogP contribution in [0, 0.1) is 11.8 Å². The van der Waals surface area contributed by atoms with E-state index in [4.69, 9.17) is 0 Å². The van der Waals surface area contributed by atoms with Crippen molar-refractivity contribution in [1.29, 1.82) is 0 Å². The van der Waals surface area contributed by atoms with Gasteiger partial charge in [-0.25, -0.2) is 0 Å². The molecule has 0 bridgehead atoms. The number of nitrogens with one attached hydrogen (secondary N) is 1. The van der Waals surface area contributed by atoms with Crippen LogP contribution >= 0.6 is 0 Å². The van der Waals surface area contributed by atoms with Gasteiger partial charge < -0.3 is 5.32 Å². The molecule has 0 heterocycles. The van der Waals surface area contributed by atoms with Crippen molar-refractivity contribution in [3.63, 3.8) is 0 Å². The Morgan fingerprint density at radius 1 is 0.656 bits per heavy atom. The Morgan fingerprint density at radius 2 is 1.12 bits per heavy atom. The van der Waals surface area contributed by atoms with Gasteiger partial charge in [0, 0.05) is 19.1 Å². The minimum atomic E-state index is 0.448. The summed E-state index contributed by atoms with van der Waals surface area (Å²) < 4.78 is 0. The molecule has 2 atom stereocenters. The van der Waals surface area contributed by atoms with Gasteiger partial charge >= 0.3 is 0 Å². The van der Waals surface area contributed by atoms with Crippen LogP contribution in [0.15, 0.2) is 91.0 Å². The third-order valence-electron chi connectivity index (χ3n) is 6.24. The maximum atomic E-state index is 3.74. The zero-order valence-corrected chi connectivity index (χ0v) is 20.1. The van der Waals surface area contributed by atoms with Gasteiger partial charge in [0.15, 0.2) is 0 Å². The molecule has 0 spiro atoms. The van der Waals surface area contributed by atoms with Crippen molar-refractivity contribution in [1.82, 2.24) is 10.2 Å². The first-order valence-corrected chi connectivity index (χ1v) is 12.2. The molecule has 3 rings (SSSR count). The standard InChI is InChI=1S/C30H40N2/c1-25(2)19-20-31-22-26(3)30(21-27-13-7-4-8-14-27)32(23-28-15-9-5-10-16-28)24-29-17-11-6-12-18-29/h4-18,25-26,30-31H,19-24H2,1-3H3/t26-,30+/m1/s1. The van der Waals surface area contributed by atoms with Gasteiger partial charge in [0.2, 0.25) is 0 Å². The predicted octanol–water partition coefficient (Wildman–Crippen LogP) is 6.57. The van der Waals surface area contributed by atoms with Gasteiger partial charge in [-0.05, 0) is 54.5 Å². The smallest absolute Gasteiger partial charge is 0.0240 e. The summed E-state index contributed by atoms with van der Waals surface area (Å²) in [6.07, 6.45) is 2.29. The summed E-state index contributed by atoms with van der Waals surface area (Å²) in [5.41, 5.74) is 4.17. The molecule has 0 amide bonds. The number of rotatable bonds is 13. The Hall–Kier alpha value is -2.42. The molecule has 0 aliphatic rings. The summed E-state index contributed by atoms with van der Waals surface area (Å²) in [7, 11) is 0. The van der Waals surface area contributed by atoms with E-state index in [0.29, 0.717) is 12.0 Å². The second kappa shape index (κ2) is 13.2. The third kappa shape index (κ3) is 8.26. The minimum Gasteiger partial charge on any atom is -0.316 e. The van der Waals surface area contributed by atoms with Crippen LogP contribution in [-0.2, 0) is 19.5 Å². The Labute approximate surface area is 195 Å². The summed E-state index contributed by atoms with van der Waals surface area (Å²) in [6.45, 7) is 11.1. The molecular weight excluding hydrogens is 388 g/mol. The van der Waals surface area contributed by atoms with Crippen molar-refractivity contribution in [2.75, 3.05) is 13.1 Å². The molecule has 170 valence electrons. The van der Waals surface area contributed by atoms with Gasteiger partial charge in [0.05, 0.1) is 0 Å². The molecule has 0 saturated heterocycles. The van der Waals surface area contributed by atoms with E-state index in [1.165, 1.54) is 23.1 Å². The molecule has 3 aromatic rings. The molecular formula is C30H40N2. The summed E-state index contributed by atoms with van der Waals surface area (Å²) >= 11 is 0. The van der Waals surface area contributed by atoms with E-state index in [-0.39, 0.29) is 0 Å². The first-order chi connectivity index (χ1) is 15.6. The molecule has 2 heteroatoms. The van der Waals surface area contributed by atoms with Crippen molar-refractivity contribution in [2.45, 2.75) is 52.7 Å². The van der Waals surface area contributed by atoms with Gasteiger partial charge in [0.25, 0.3) is 0 Å². The maximum Gasteiger partial charge on any atom is 0.0240 e. The van der Waals surface area contributed by atoms with Crippen LogP contribution in [0.1, 0.15) is 43.9 Å². The second-order valence-corrected chi connectivity index (χ2v) is 9.50. The highest BCUT2D eigenvalue weighted by atomic mass is 15.2. The van der Waals surface area contributed by atoms with Crippen LogP contribution < -0.4 is 5.32 Å². The number of hydrogen-bond donors (Lipinski definition) is 1. The largest absolute Gasteiger partial charge is 0.316 e. The van der Waals surface area contributed by atoms with Crippen LogP contribution in [0.5, 0.6) is 0 Å². The number of hydrogen-bond acceptors (Lipinski definition) is 2. The topological polar surface area (TPSA) is 15.3 Å². The molecule has 0 aliphatic carbocycles. The first kappa shape index (κ1) is 24.2. The van der Waals surface area contributed by atoms with Crippen LogP contribution in [0.4, 0.5) is 0 Å². The van der Waals surface area contributed by atoms with Crippen LogP contribution in [-0.4, -0.2) is 24.0 Å². The number of benzene rings is 3. The van der Waals surface area contributed by atoms with E-state index >= 15 is 0 Å². The zero-order chi connectivity index (χ0) is 22.6. The molecule has 0 fully saturated rings. The van der Waals surface area contributed by atoms with Gasteiger partial charge in [-0.1, -0.05) is 112 Å². The molecule has 3 aromatic carbocycles. The van der Waals surface area contributed by atoms with Gasteiger partial charge in [-0.3, -0.25) is 4.90 Å². The van der Waals surface area contributed by atoms with Gasteiger partial charge in [-0.15, -0.1) is 0 Å². The Morgan fingerprint density at radius 3 is 1.59 bits per heavy atom. The molecule has 32 heavy (non-hydrogen) atoms. The van der Waals surface area contributed by atoms with E-state index in [1.807, 2.05) is 0 Å². The van der Waals surface area contributed by atoms with Crippen molar-refractivity contribution >= 4 is 0 Å². The fourth-order valence-corrected chi connectivity index (χ4v) is 4.33. The highest BCUT2D eigenvalue weighted by Gasteiger charge is 2.25. The van der Waals surface area contributed by atoms with Gasteiger partial charge in [-0.2, -0.15) is 0 Å². The molecule has 0 saturated carbocycles. The summed E-state index contributed by atoms with van der Waals surface area (Å²) in [6, 6.07) is 33.3. The molecule has 1 N–H and O–H groups in total. The lowest BCUT2D eigenvalue weighted by Crippen LogP contribution is -2.44. The predicted molar refractivity (Wildman–Crippen MR) is 138 cm³/mol. The van der Waals surface area contributed by atoms with E-state index in [1.54, 1.807) is 0 Å². The lowest BCUT2D eigenvalue weighted by atomic mass is 9.92. The number of nitrogens with zero attached hydrogens (tertiary/aromatic N) is 1. The Bertz CT molecular complexity index is 820. The Kier molecular flexibility index (Phi) is 9.99. The lowest BCUT2D eigenvalue weighted by molar-refractivity contribution is 0.128.